The lowest BCUT2D eigenvalue weighted by molar-refractivity contribution is -0.385. The summed E-state index contributed by atoms with van der Waals surface area (Å²) in [6.45, 7) is 0. The summed E-state index contributed by atoms with van der Waals surface area (Å²) >= 11 is 7.67. The van der Waals surface area contributed by atoms with Gasteiger partial charge in [0.25, 0.3) is 0 Å². The Morgan fingerprint density at radius 1 is 1.52 bits per heavy atom. The van der Waals surface area contributed by atoms with Crippen LogP contribution in [0.25, 0.3) is 0 Å². The maximum Gasteiger partial charge on any atom is 0.314 e. The van der Waals surface area contributed by atoms with Crippen molar-refractivity contribution < 1.29 is 9.66 Å². The van der Waals surface area contributed by atoms with Crippen LogP contribution < -0.4 is 4.74 Å². The average molecular weight is 416 g/mol. The number of nitro benzene ring substituents is 1. The molecule has 0 unspecified atom stereocenters. The lowest BCUT2D eigenvalue weighted by Gasteiger charge is -2.10. The van der Waals surface area contributed by atoms with E-state index in [0.717, 1.165) is 0 Å². The van der Waals surface area contributed by atoms with Crippen molar-refractivity contribution in [3.05, 3.63) is 55.3 Å². The molecule has 106 valence electrons. The molecular weight excluding hydrogens is 409 g/mol. The second-order valence-electron chi connectivity index (χ2n) is 3.88. The lowest BCUT2D eigenvalue weighted by Crippen LogP contribution is -1.99. The fourth-order valence-electron chi connectivity index (χ4n) is 1.59. The summed E-state index contributed by atoms with van der Waals surface area (Å²) in [7, 11) is 0. The molecule has 2 rings (SSSR count). The Morgan fingerprint density at radius 2 is 2.29 bits per heavy atom. The van der Waals surface area contributed by atoms with Crippen LogP contribution in [0.1, 0.15) is 11.1 Å². The molecule has 8 heteroatoms. The van der Waals surface area contributed by atoms with Gasteiger partial charge in [-0.05, 0) is 34.7 Å². The Balaban J connectivity index is 2.54. The van der Waals surface area contributed by atoms with E-state index in [2.05, 4.69) is 4.98 Å². The van der Waals surface area contributed by atoms with E-state index in [4.69, 9.17) is 21.6 Å². The Kier molecular flexibility index (Phi) is 4.93. The highest BCUT2D eigenvalue weighted by atomic mass is 127. The van der Waals surface area contributed by atoms with Crippen molar-refractivity contribution in [1.29, 1.82) is 5.26 Å². The zero-order chi connectivity index (χ0) is 15.4. The van der Waals surface area contributed by atoms with Crippen LogP contribution in [-0.2, 0) is 5.88 Å². The van der Waals surface area contributed by atoms with Gasteiger partial charge in [0.1, 0.15) is 0 Å². The predicted molar refractivity (Wildman–Crippen MR) is 84.4 cm³/mol. The van der Waals surface area contributed by atoms with Crippen molar-refractivity contribution in [2.24, 2.45) is 0 Å². The van der Waals surface area contributed by atoms with Gasteiger partial charge in [0.2, 0.25) is 11.6 Å². The molecule has 21 heavy (non-hydrogen) atoms. The molecule has 0 saturated heterocycles. The second kappa shape index (κ2) is 6.69. The quantitative estimate of drug-likeness (QED) is 0.326. The van der Waals surface area contributed by atoms with Gasteiger partial charge < -0.3 is 4.74 Å². The number of ether oxygens (including phenoxy) is 1. The Bertz CT molecular complexity index is 746. The highest BCUT2D eigenvalue weighted by Gasteiger charge is 2.22. The van der Waals surface area contributed by atoms with Crippen molar-refractivity contribution in [2.75, 3.05) is 0 Å². The first-order valence-electron chi connectivity index (χ1n) is 5.62. The first-order valence-corrected chi connectivity index (χ1v) is 7.24. The Morgan fingerprint density at radius 3 is 2.90 bits per heavy atom. The topological polar surface area (TPSA) is 89.0 Å². The number of hydrogen-bond donors (Lipinski definition) is 0. The van der Waals surface area contributed by atoms with Crippen molar-refractivity contribution in [2.45, 2.75) is 5.88 Å². The third-order valence-electron chi connectivity index (χ3n) is 2.54. The molecule has 0 N–H and O–H groups in total. The summed E-state index contributed by atoms with van der Waals surface area (Å²) in [6.07, 6.45) is 1.51. The number of nitrogens with zero attached hydrogens (tertiary/aromatic N) is 3. The summed E-state index contributed by atoms with van der Waals surface area (Å²) in [4.78, 5) is 14.6. The van der Waals surface area contributed by atoms with E-state index in [0.29, 0.717) is 9.13 Å². The van der Waals surface area contributed by atoms with Gasteiger partial charge in [0.15, 0.2) is 0 Å². The Hall–Kier alpha value is -1.92. The molecule has 1 heterocycles. The van der Waals surface area contributed by atoms with Gasteiger partial charge in [-0.1, -0.05) is 6.07 Å². The molecule has 1 aromatic heterocycles. The van der Waals surface area contributed by atoms with Crippen LogP contribution in [0.5, 0.6) is 11.6 Å². The van der Waals surface area contributed by atoms with Crippen LogP contribution in [-0.4, -0.2) is 9.91 Å². The third-order valence-corrected chi connectivity index (χ3v) is 3.63. The third kappa shape index (κ3) is 3.40. The molecule has 1 aromatic carbocycles. The smallest absolute Gasteiger partial charge is 0.314 e. The molecule has 0 saturated carbocycles. The van der Waals surface area contributed by atoms with Crippen LogP contribution in [0.15, 0.2) is 30.5 Å². The highest BCUT2D eigenvalue weighted by Crippen LogP contribution is 2.37. The fourth-order valence-corrected chi connectivity index (χ4v) is 2.52. The first-order chi connectivity index (χ1) is 10.1. The fraction of sp³-hybridized carbons (Fsp3) is 0.0769. The van der Waals surface area contributed by atoms with Crippen molar-refractivity contribution in [3.8, 4) is 17.7 Å². The van der Waals surface area contributed by atoms with Crippen LogP contribution >= 0.6 is 34.2 Å². The largest absolute Gasteiger partial charge is 0.430 e. The summed E-state index contributed by atoms with van der Waals surface area (Å²) < 4.78 is 6.02. The van der Waals surface area contributed by atoms with Crippen molar-refractivity contribution >= 4 is 39.9 Å². The van der Waals surface area contributed by atoms with Crippen molar-refractivity contribution in [3.63, 3.8) is 0 Å². The van der Waals surface area contributed by atoms with E-state index >= 15 is 0 Å². The van der Waals surface area contributed by atoms with Crippen LogP contribution in [0.3, 0.4) is 0 Å². The monoisotopic (exact) mass is 415 g/mol. The second-order valence-corrected chi connectivity index (χ2v) is 5.31. The molecule has 0 atom stereocenters. The molecule has 0 amide bonds. The van der Waals surface area contributed by atoms with Gasteiger partial charge in [0, 0.05) is 17.8 Å². The van der Waals surface area contributed by atoms with E-state index in [9.17, 15) is 10.1 Å². The minimum atomic E-state index is -0.596. The number of aromatic nitrogens is 1. The maximum atomic E-state index is 11.2. The van der Waals surface area contributed by atoms with Gasteiger partial charge in [-0.3, -0.25) is 10.1 Å². The molecular formula is C13H7ClIN3O3. The number of alkyl halides is 1. The van der Waals surface area contributed by atoms with E-state index in [-0.39, 0.29) is 28.8 Å². The number of benzene rings is 1. The van der Waals surface area contributed by atoms with Crippen LogP contribution in [0.2, 0.25) is 0 Å². The van der Waals surface area contributed by atoms with E-state index < -0.39 is 4.92 Å². The van der Waals surface area contributed by atoms with E-state index in [1.807, 2.05) is 28.7 Å². The summed E-state index contributed by atoms with van der Waals surface area (Å²) in [5, 5.41) is 20.0. The van der Waals surface area contributed by atoms with E-state index in [1.54, 1.807) is 12.1 Å². The number of halogens is 2. The maximum absolute atomic E-state index is 11.2. The predicted octanol–water partition coefficient (Wildman–Crippen LogP) is 4.00. The number of nitriles is 1. The molecule has 0 spiro atoms. The van der Waals surface area contributed by atoms with Crippen molar-refractivity contribution in [1.82, 2.24) is 4.98 Å². The minimum Gasteiger partial charge on any atom is -0.430 e. The molecule has 6 nitrogen and oxygen atoms in total. The van der Waals surface area contributed by atoms with Gasteiger partial charge in [-0.15, -0.1) is 11.6 Å². The molecule has 0 radical (unpaired) electrons. The summed E-state index contributed by atoms with van der Waals surface area (Å²) in [5.74, 6) is 0.423. The SMILES string of the molecule is N#Cc1cc(I)c(Oc2ncccc2CCl)c([N+](=O)[O-])c1. The molecule has 0 aliphatic heterocycles. The van der Waals surface area contributed by atoms with Gasteiger partial charge >= 0.3 is 5.69 Å². The van der Waals surface area contributed by atoms with Gasteiger partial charge in [0.05, 0.1) is 26.0 Å². The molecule has 0 aliphatic rings. The summed E-state index contributed by atoms with van der Waals surface area (Å²) in [5.41, 5.74) is 0.523. The van der Waals surface area contributed by atoms with Gasteiger partial charge in [-0.2, -0.15) is 5.26 Å². The van der Waals surface area contributed by atoms with Gasteiger partial charge in [-0.25, -0.2) is 4.98 Å². The highest BCUT2D eigenvalue weighted by molar-refractivity contribution is 14.1. The number of pyridine rings is 1. The Labute approximate surface area is 138 Å². The number of hydrogen-bond acceptors (Lipinski definition) is 5. The number of nitro groups is 1. The number of rotatable bonds is 4. The zero-order valence-corrected chi connectivity index (χ0v) is 13.3. The molecule has 0 aliphatic carbocycles. The van der Waals surface area contributed by atoms with Crippen LogP contribution in [0.4, 0.5) is 5.69 Å². The minimum absolute atomic E-state index is 0.0460. The first kappa shape index (κ1) is 15.5. The normalized spacial score (nSPS) is 9.95. The molecule has 0 fully saturated rings. The zero-order valence-electron chi connectivity index (χ0n) is 10.4. The molecule has 0 bridgehead atoms. The van der Waals surface area contributed by atoms with Crippen LogP contribution in [0, 0.1) is 25.0 Å². The summed E-state index contributed by atoms with van der Waals surface area (Å²) in [6, 6.07) is 7.97. The van der Waals surface area contributed by atoms with E-state index in [1.165, 1.54) is 18.3 Å². The standard InChI is InChI=1S/C13H7ClIN3O3/c14-6-9-2-1-3-17-13(9)21-12-10(15)4-8(7-16)5-11(12)18(19)20/h1-5H,6H2. The average Bonchev–Trinajstić information content (AvgIpc) is 2.49. The molecule has 2 aromatic rings. The lowest BCUT2D eigenvalue weighted by atomic mass is 10.2.